The summed E-state index contributed by atoms with van der Waals surface area (Å²) < 4.78 is 5.29. The molecule has 124 valence electrons. The number of benzene rings is 1. The second kappa shape index (κ2) is 6.95. The summed E-state index contributed by atoms with van der Waals surface area (Å²) in [5, 5.41) is 11.2. The third kappa shape index (κ3) is 3.44. The Hall–Kier alpha value is -2.15. The molecule has 1 atom stereocenters. The predicted octanol–water partition coefficient (Wildman–Crippen LogP) is 1.67. The number of rotatable bonds is 3. The van der Waals surface area contributed by atoms with Gasteiger partial charge in [-0.1, -0.05) is 12.1 Å². The van der Waals surface area contributed by atoms with E-state index in [4.69, 9.17) is 4.74 Å². The van der Waals surface area contributed by atoms with Gasteiger partial charge < -0.3 is 14.5 Å². The quantitative estimate of drug-likeness (QED) is 0.626. The molecule has 23 heavy (non-hydrogen) atoms. The molecule has 1 unspecified atom stereocenters. The SMILES string of the molecule is O=C(C1CCCN(c2ccccc2[N+](=O)[O-])C1)N1CCOCC1. The van der Waals surface area contributed by atoms with Crippen LogP contribution in [0.25, 0.3) is 0 Å². The molecule has 0 bridgehead atoms. The molecule has 1 amide bonds. The number of amides is 1. The normalized spacial score (nSPS) is 22.0. The van der Waals surface area contributed by atoms with E-state index in [1.54, 1.807) is 18.2 Å². The number of piperidine rings is 1. The van der Waals surface area contributed by atoms with Crippen LogP contribution in [0.1, 0.15) is 12.8 Å². The highest BCUT2D eigenvalue weighted by molar-refractivity contribution is 5.80. The summed E-state index contributed by atoms with van der Waals surface area (Å²) in [6, 6.07) is 6.75. The van der Waals surface area contributed by atoms with Gasteiger partial charge in [0.2, 0.25) is 5.91 Å². The van der Waals surface area contributed by atoms with Gasteiger partial charge in [0.25, 0.3) is 5.69 Å². The number of anilines is 1. The van der Waals surface area contributed by atoms with Crippen LogP contribution in [0.3, 0.4) is 0 Å². The van der Waals surface area contributed by atoms with E-state index in [1.165, 1.54) is 6.07 Å². The molecular formula is C16H21N3O4. The van der Waals surface area contributed by atoms with E-state index in [-0.39, 0.29) is 22.4 Å². The number of hydrogen-bond acceptors (Lipinski definition) is 5. The molecule has 2 aliphatic rings. The van der Waals surface area contributed by atoms with Crippen LogP contribution in [0.15, 0.2) is 24.3 Å². The zero-order chi connectivity index (χ0) is 16.2. The van der Waals surface area contributed by atoms with Crippen molar-refractivity contribution in [1.29, 1.82) is 0 Å². The van der Waals surface area contributed by atoms with Crippen LogP contribution in [0.5, 0.6) is 0 Å². The van der Waals surface area contributed by atoms with Crippen LogP contribution in [0.2, 0.25) is 0 Å². The lowest BCUT2D eigenvalue weighted by Crippen LogP contribution is -2.48. The third-order valence-electron chi connectivity index (χ3n) is 4.51. The largest absolute Gasteiger partial charge is 0.378 e. The molecule has 0 radical (unpaired) electrons. The molecule has 1 aromatic carbocycles. The molecule has 2 aliphatic heterocycles. The summed E-state index contributed by atoms with van der Waals surface area (Å²) >= 11 is 0. The monoisotopic (exact) mass is 319 g/mol. The first-order valence-corrected chi connectivity index (χ1v) is 8.01. The average Bonchev–Trinajstić information content (AvgIpc) is 2.62. The van der Waals surface area contributed by atoms with Crippen molar-refractivity contribution in [2.24, 2.45) is 5.92 Å². The zero-order valence-corrected chi connectivity index (χ0v) is 13.0. The summed E-state index contributed by atoms with van der Waals surface area (Å²) in [6.45, 7) is 3.75. The Bertz CT molecular complexity index is 586. The second-order valence-corrected chi connectivity index (χ2v) is 5.97. The van der Waals surface area contributed by atoms with Gasteiger partial charge >= 0.3 is 0 Å². The predicted molar refractivity (Wildman–Crippen MR) is 85.4 cm³/mol. The summed E-state index contributed by atoms with van der Waals surface area (Å²) in [6.07, 6.45) is 1.71. The van der Waals surface area contributed by atoms with Crippen molar-refractivity contribution in [1.82, 2.24) is 4.90 Å². The first kappa shape index (κ1) is 15.7. The van der Waals surface area contributed by atoms with Crippen molar-refractivity contribution in [2.75, 3.05) is 44.3 Å². The van der Waals surface area contributed by atoms with Crippen LogP contribution in [0.4, 0.5) is 11.4 Å². The van der Waals surface area contributed by atoms with Gasteiger partial charge in [-0.15, -0.1) is 0 Å². The van der Waals surface area contributed by atoms with Gasteiger partial charge in [-0.2, -0.15) is 0 Å². The van der Waals surface area contributed by atoms with Crippen molar-refractivity contribution in [3.63, 3.8) is 0 Å². The van der Waals surface area contributed by atoms with Gasteiger partial charge in [0, 0.05) is 32.2 Å². The Balaban J connectivity index is 1.73. The molecule has 2 fully saturated rings. The van der Waals surface area contributed by atoms with Gasteiger partial charge in [-0.3, -0.25) is 14.9 Å². The highest BCUT2D eigenvalue weighted by Gasteiger charge is 2.32. The van der Waals surface area contributed by atoms with Crippen molar-refractivity contribution in [2.45, 2.75) is 12.8 Å². The second-order valence-electron chi connectivity index (χ2n) is 5.97. The van der Waals surface area contributed by atoms with Crippen molar-refractivity contribution in [3.05, 3.63) is 34.4 Å². The first-order valence-electron chi connectivity index (χ1n) is 8.01. The number of carbonyl (C=O) groups is 1. The van der Waals surface area contributed by atoms with Crippen molar-refractivity contribution < 1.29 is 14.5 Å². The molecule has 3 rings (SSSR count). The first-order chi connectivity index (χ1) is 11.2. The molecule has 1 aromatic rings. The number of para-hydroxylation sites is 2. The lowest BCUT2D eigenvalue weighted by Gasteiger charge is -2.37. The van der Waals surface area contributed by atoms with Crippen LogP contribution in [-0.2, 0) is 9.53 Å². The van der Waals surface area contributed by atoms with E-state index in [9.17, 15) is 14.9 Å². The minimum atomic E-state index is -0.358. The fraction of sp³-hybridized carbons (Fsp3) is 0.562. The highest BCUT2D eigenvalue weighted by atomic mass is 16.6. The number of carbonyl (C=O) groups excluding carboxylic acids is 1. The van der Waals surface area contributed by atoms with Gasteiger partial charge in [-0.05, 0) is 18.9 Å². The van der Waals surface area contributed by atoms with E-state index in [1.807, 2.05) is 9.80 Å². The van der Waals surface area contributed by atoms with Crippen LogP contribution >= 0.6 is 0 Å². The lowest BCUT2D eigenvalue weighted by molar-refractivity contribution is -0.384. The zero-order valence-electron chi connectivity index (χ0n) is 13.0. The molecule has 0 saturated carbocycles. The smallest absolute Gasteiger partial charge is 0.292 e. The van der Waals surface area contributed by atoms with Crippen LogP contribution < -0.4 is 4.90 Å². The van der Waals surface area contributed by atoms with E-state index in [2.05, 4.69) is 0 Å². The van der Waals surface area contributed by atoms with Crippen LogP contribution in [0, 0.1) is 16.0 Å². The van der Waals surface area contributed by atoms with Gasteiger partial charge in [0.15, 0.2) is 0 Å². The number of nitro groups is 1. The molecule has 2 heterocycles. The average molecular weight is 319 g/mol. The van der Waals surface area contributed by atoms with Crippen LogP contribution in [-0.4, -0.2) is 55.1 Å². The van der Waals surface area contributed by atoms with E-state index in [0.29, 0.717) is 38.5 Å². The number of nitro benzene ring substituents is 1. The summed E-state index contributed by atoms with van der Waals surface area (Å²) in [5.41, 5.74) is 0.712. The van der Waals surface area contributed by atoms with E-state index >= 15 is 0 Å². The Labute approximate surface area is 135 Å². The van der Waals surface area contributed by atoms with Gasteiger partial charge in [0.1, 0.15) is 5.69 Å². The topological polar surface area (TPSA) is 75.9 Å². The number of ether oxygens (including phenoxy) is 1. The summed E-state index contributed by atoms with van der Waals surface area (Å²) in [4.78, 5) is 27.4. The fourth-order valence-electron chi connectivity index (χ4n) is 3.33. The maximum absolute atomic E-state index is 12.7. The number of hydrogen-bond donors (Lipinski definition) is 0. The van der Waals surface area contributed by atoms with Gasteiger partial charge in [0.05, 0.1) is 24.1 Å². The molecule has 7 nitrogen and oxygen atoms in total. The number of morpholine rings is 1. The van der Waals surface area contributed by atoms with Crippen molar-refractivity contribution >= 4 is 17.3 Å². The molecule has 0 N–H and O–H groups in total. The maximum Gasteiger partial charge on any atom is 0.292 e. The fourth-order valence-corrected chi connectivity index (χ4v) is 3.33. The number of nitrogens with zero attached hydrogens (tertiary/aromatic N) is 3. The molecule has 0 aliphatic carbocycles. The molecule has 0 aromatic heterocycles. The Kier molecular flexibility index (Phi) is 4.76. The Morgan fingerprint density at radius 1 is 1.22 bits per heavy atom. The molecule has 7 heteroatoms. The van der Waals surface area contributed by atoms with E-state index < -0.39 is 0 Å². The molecule has 2 saturated heterocycles. The minimum Gasteiger partial charge on any atom is -0.378 e. The standard InChI is InChI=1S/C16H21N3O4/c20-16(17-8-10-23-11-9-17)13-4-3-7-18(12-13)14-5-1-2-6-15(14)19(21)22/h1-2,5-6,13H,3-4,7-12H2. The minimum absolute atomic E-state index is 0.0957. The third-order valence-corrected chi connectivity index (χ3v) is 4.51. The van der Waals surface area contributed by atoms with Gasteiger partial charge in [-0.25, -0.2) is 0 Å². The van der Waals surface area contributed by atoms with Crippen molar-refractivity contribution in [3.8, 4) is 0 Å². The maximum atomic E-state index is 12.7. The summed E-state index contributed by atoms with van der Waals surface area (Å²) in [5.74, 6) is 0.0539. The highest BCUT2D eigenvalue weighted by Crippen LogP contribution is 2.31. The summed E-state index contributed by atoms with van der Waals surface area (Å²) in [7, 11) is 0. The van der Waals surface area contributed by atoms with E-state index in [0.717, 1.165) is 19.4 Å². The molecular weight excluding hydrogens is 298 g/mol. The lowest BCUT2D eigenvalue weighted by atomic mass is 9.95. The Morgan fingerprint density at radius 2 is 1.96 bits per heavy atom. The Morgan fingerprint density at radius 3 is 2.70 bits per heavy atom. The molecule has 0 spiro atoms.